The lowest BCUT2D eigenvalue weighted by atomic mass is 9.95. The van der Waals surface area contributed by atoms with Gasteiger partial charge in [-0.3, -0.25) is 5.84 Å². The molecule has 0 radical (unpaired) electrons. The summed E-state index contributed by atoms with van der Waals surface area (Å²) in [5, 5.41) is 1.40. The number of rotatable bonds is 3. The van der Waals surface area contributed by atoms with Gasteiger partial charge in [-0.15, -0.1) is 0 Å². The zero-order valence-electron chi connectivity index (χ0n) is 9.95. The lowest BCUT2D eigenvalue weighted by molar-refractivity contribution is 0.634. The Labute approximate surface area is 117 Å². The van der Waals surface area contributed by atoms with Gasteiger partial charge in [0.15, 0.2) is 0 Å². The summed E-state index contributed by atoms with van der Waals surface area (Å²) < 4.78 is 0. The van der Waals surface area contributed by atoms with Gasteiger partial charge in [0, 0.05) is 10.0 Å². The van der Waals surface area contributed by atoms with Gasteiger partial charge in [0.05, 0.1) is 6.04 Å². The third kappa shape index (κ3) is 2.85. The Morgan fingerprint density at radius 1 is 1.00 bits per heavy atom. The molecule has 0 aliphatic carbocycles. The molecule has 0 amide bonds. The van der Waals surface area contributed by atoms with E-state index in [2.05, 4.69) is 5.43 Å². The Morgan fingerprint density at radius 3 is 2.22 bits per heavy atom. The van der Waals surface area contributed by atoms with Crippen LogP contribution in [0.1, 0.15) is 22.7 Å². The van der Waals surface area contributed by atoms with E-state index in [4.69, 9.17) is 29.0 Å². The fourth-order valence-corrected chi connectivity index (χ4v) is 2.25. The van der Waals surface area contributed by atoms with Crippen molar-refractivity contribution in [3.05, 3.63) is 69.2 Å². The van der Waals surface area contributed by atoms with Crippen molar-refractivity contribution >= 4 is 23.2 Å². The minimum absolute atomic E-state index is 0.0963. The highest BCUT2D eigenvalue weighted by Crippen LogP contribution is 2.27. The third-order valence-electron chi connectivity index (χ3n) is 2.92. The van der Waals surface area contributed by atoms with Crippen LogP contribution < -0.4 is 11.3 Å². The number of benzene rings is 2. The Kier molecular flexibility index (Phi) is 4.25. The van der Waals surface area contributed by atoms with Crippen LogP contribution in [0.4, 0.5) is 0 Å². The predicted octanol–water partition coefficient (Wildman–Crippen LogP) is 3.85. The lowest BCUT2D eigenvalue weighted by Gasteiger charge is -2.19. The maximum atomic E-state index is 6.04. The molecule has 2 aromatic carbocycles. The van der Waals surface area contributed by atoms with Gasteiger partial charge in [-0.05, 0) is 47.9 Å². The normalized spacial score (nSPS) is 12.4. The van der Waals surface area contributed by atoms with E-state index in [1.54, 1.807) is 0 Å². The van der Waals surface area contributed by atoms with Crippen LogP contribution >= 0.6 is 23.2 Å². The number of halogens is 2. The molecule has 0 fully saturated rings. The fourth-order valence-electron chi connectivity index (χ4n) is 1.94. The molecule has 2 nitrogen and oxygen atoms in total. The molecule has 2 aromatic rings. The van der Waals surface area contributed by atoms with Gasteiger partial charge < -0.3 is 0 Å². The van der Waals surface area contributed by atoms with Crippen LogP contribution in [-0.2, 0) is 0 Å². The second kappa shape index (κ2) is 5.72. The molecule has 0 saturated heterocycles. The van der Waals surface area contributed by atoms with Gasteiger partial charge >= 0.3 is 0 Å². The maximum Gasteiger partial charge on any atom is 0.0713 e. The van der Waals surface area contributed by atoms with Crippen LogP contribution in [0.2, 0.25) is 10.0 Å². The van der Waals surface area contributed by atoms with Crippen molar-refractivity contribution in [1.29, 1.82) is 0 Å². The summed E-state index contributed by atoms with van der Waals surface area (Å²) >= 11 is 11.9. The molecule has 18 heavy (non-hydrogen) atoms. The fraction of sp³-hybridized carbons (Fsp3) is 0.143. The van der Waals surface area contributed by atoms with Crippen LogP contribution in [0.3, 0.4) is 0 Å². The average molecular weight is 281 g/mol. The highest BCUT2D eigenvalue weighted by molar-refractivity contribution is 6.30. The molecular weight excluding hydrogens is 267 g/mol. The van der Waals surface area contributed by atoms with Gasteiger partial charge in [-0.1, -0.05) is 41.4 Å². The van der Waals surface area contributed by atoms with Crippen molar-refractivity contribution in [2.45, 2.75) is 13.0 Å². The molecule has 0 aliphatic heterocycles. The van der Waals surface area contributed by atoms with Gasteiger partial charge in [-0.2, -0.15) is 0 Å². The number of hydrogen-bond donors (Lipinski definition) is 2. The highest BCUT2D eigenvalue weighted by Gasteiger charge is 2.14. The maximum absolute atomic E-state index is 6.04. The monoisotopic (exact) mass is 280 g/mol. The molecule has 94 valence electrons. The second-order valence-corrected chi connectivity index (χ2v) is 5.03. The van der Waals surface area contributed by atoms with Crippen LogP contribution in [0.15, 0.2) is 42.5 Å². The van der Waals surface area contributed by atoms with E-state index in [0.717, 1.165) is 16.7 Å². The molecule has 0 bridgehead atoms. The van der Waals surface area contributed by atoms with E-state index >= 15 is 0 Å². The molecule has 4 heteroatoms. The smallest absolute Gasteiger partial charge is 0.0713 e. The first-order valence-electron chi connectivity index (χ1n) is 5.59. The van der Waals surface area contributed by atoms with Crippen LogP contribution in [0.5, 0.6) is 0 Å². The third-order valence-corrected chi connectivity index (χ3v) is 3.41. The van der Waals surface area contributed by atoms with Gasteiger partial charge in [0.1, 0.15) is 0 Å². The summed E-state index contributed by atoms with van der Waals surface area (Å²) in [6, 6.07) is 13.3. The van der Waals surface area contributed by atoms with Crippen molar-refractivity contribution in [2.75, 3.05) is 0 Å². The zero-order valence-corrected chi connectivity index (χ0v) is 11.5. The molecule has 3 N–H and O–H groups in total. The van der Waals surface area contributed by atoms with Crippen molar-refractivity contribution in [2.24, 2.45) is 5.84 Å². The van der Waals surface area contributed by atoms with E-state index in [-0.39, 0.29) is 6.04 Å². The van der Waals surface area contributed by atoms with Crippen LogP contribution in [0, 0.1) is 6.92 Å². The van der Waals surface area contributed by atoms with Crippen molar-refractivity contribution < 1.29 is 0 Å². The number of hydrogen-bond acceptors (Lipinski definition) is 2. The summed E-state index contributed by atoms with van der Waals surface area (Å²) in [7, 11) is 0. The van der Waals surface area contributed by atoms with Crippen molar-refractivity contribution in [3.8, 4) is 0 Å². The summed E-state index contributed by atoms with van der Waals surface area (Å²) in [5.74, 6) is 5.67. The van der Waals surface area contributed by atoms with Gasteiger partial charge in [0.25, 0.3) is 0 Å². The Balaban J connectivity index is 2.44. The molecule has 0 spiro atoms. The standard InChI is InChI=1S/C14H14Cl2N2/c1-9-2-5-12(16)8-13(9)14(18-17)10-3-6-11(15)7-4-10/h2-8,14,18H,17H2,1H3. The number of hydrazine groups is 1. The van der Waals surface area contributed by atoms with Crippen LogP contribution in [-0.4, -0.2) is 0 Å². The van der Waals surface area contributed by atoms with E-state index in [1.165, 1.54) is 0 Å². The molecule has 2 rings (SSSR count). The average Bonchev–Trinajstić information content (AvgIpc) is 2.37. The minimum Gasteiger partial charge on any atom is -0.271 e. The molecule has 1 unspecified atom stereocenters. The zero-order chi connectivity index (χ0) is 13.1. The molecule has 0 saturated carbocycles. The largest absolute Gasteiger partial charge is 0.271 e. The second-order valence-electron chi connectivity index (χ2n) is 4.15. The van der Waals surface area contributed by atoms with Gasteiger partial charge in [-0.25, -0.2) is 5.43 Å². The SMILES string of the molecule is Cc1ccc(Cl)cc1C(NN)c1ccc(Cl)cc1. The van der Waals surface area contributed by atoms with E-state index < -0.39 is 0 Å². The van der Waals surface area contributed by atoms with Gasteiger partial charge in [0.2, 0.25) is 0 Å². The highest BCUT2D eigenvalue weighted by atomic mass is 35.5. The molecule has 0 aliphatic rings. The molecule has 0 heterocycles. The Hall–Kier alpha value is -1.06. The first-order chi connectivity index (χ1) is 8.61. The first-order valence-corrected chi connectivity index (χ1v) is 6.35. The Morgan fingerprint density at radius 2 is 1.61 bits per heavy atom. The van der Waals surface area contributed by atoms with E-state index in [9.17, 15) is 0 Å². The Bertz CT molecular complexity index is 538. The van der Waals surface area contributed by atoms with Crippen molar-refractivity contribution in [3.63, 3.8) is 0 Å². The number of nitrogens with one attached hydrogen (secondary N) is 1. The summed E-state index contributed by atoms with van der Waals surface area (Å²) in [6.07, 6.45) is 0. The first kappa shape index (κ1) is 13.4. The minimum atomic E-state index is -0.0963. The quantitative estimate of drug-likeness (QED) is 0.662. The molecule has 1 atom stereocenters. The van der Waals surface area contributed by atoms with Crippen molar-refractivity contribution in [1.82, 2.24) is 5.43 Å². The van der Waals surface area contributed by atoms with E-state index in [0.29, 0.717) is 10.0 Å². The molecule has 0 aromatic heterocycles. The van der Waals surface area contributed by atoms with E-state index in [1.807, 2.05) is 49.4 Å². The number of aryl methyl sites for hydroxylation is 1. The van der Waals surface area contributed by atoms with Crippen LogP contribution in [0.25, 0.3) is 0 Å². The number of nitrogens with two attached hydrogens (primary N) is 1. The summed E-state index contributed by atoms with van der Waals surface area (Å²) in [6.45, 7) is 2.03. The molecular formula is C14H14Cl2N2. The topological polar surface area (TPSA) is 38.0 Å². The summed E-state index contributed by atoms with van der Waals surface area (Å²) in [5.41, 5.74) is 6.07. The summed E-state index contributed by atoms with van der Waals surface area (Å²) in [4.78, 5) is 0. The lowest BCUT2D eigenvalue weighted by Crippen LogP contribution is -2.29. The predicted molar refractivity (Wildman–Crippen MR) is 76.8 cm³/mol.